The third-order valence-corrected chi connectivity index (χ3v) is 3.26. The summed E-state index contributed by atoms with van der Waals surface area (Å²) in [5.74, 6) is 0.473. The molecule has 0 aliphatic rings. The van der Waals surface area contributed by atoms with Crippen molar-refractivity contribution in [2.45, 2.75) is 6.42 Å². The Balaban J connectivity index is 2.30. The lowest BCUT2D eigenvalue weighted by molar-refractivity contribution is -0.391. The first kappa shape index (κ1) is 14.3. The average molecular weight is 314 g/mol. The number of hydrogen-bond acceptors (Lipinski definition) is 6. The lowest BCUT2D eigenvalue weighted by Gasteiger charge is -2.00. The van der Waals surface area contributed by atoms with E-state index in [1.54, 1.807) is 0 Å². The van der Waals surface area contributed by atoms with Crippen molar-refractivity contribution in [3.05, 3.63) is 45.4 Å². The minimum Gasteiger partial charge on any atom is -0.358 e. The van der Waals surface area contributed by atoms with Gasteiger partial charge in [-0.3, -0.25) is 0 Å². The molecule has 2 aromatic heterocycles. The summed E-state index contributed by atoms with van der Waals surface area (Å²) in [7, 11) is 1.51. The quantitative estimate of drug-likeness (QED) is 0.357. The Labute approximate surface area is 121 Å². The van der Waals surface area contributed by atoms with E-state index < -0.39 is 4.92 Å². The van der Waals surface area contributed by atoms with Gasteiger partial charge in [0.05, 0.1) is 34.6 Å². The summed E-state index contributed by atoms with van der Waals surface area (Å²) in [5, 5.41) is 11.1. The fraction of sp³-hybridized carbons (Fsp3) is 0.200. The van der Waals surface area contributed by atoms with Crippen molar-refractivity contribution in [3.8, 4) is 0 Å². The highest BCUT2D eigenvalue weighted by molar-refractivity contribution is 7.67. The normalized spacial score (nSPS) is 10.3. The number of rotatable bonds is 4. The zero-order chi connectivity index (χ0) is 14.7. The molecule has 0 spiro atoms. The third kappa shape index (κ3) is 2.89. The number of nitro groups is 1. The first-order valence-corrected chi connectivity index (χ1v) is 6.43. The largest absolute Gasteiger partial charge is 0.358 e. The van der Waals surface area contributed by atoms with Crippen LogP contribution in [-0.2, 0) is 24.7 Å². The first-order chi connectivity index (χ1) is 9.52. The van der Waals surface area contributed by atoms with Crippen LogP contribution in [0.1, 0.15) is 11.6 Å². The highest BCUT2D eigenvalue weighted by Gasteiger charge is 2.19. The minimum absolute atomic E-state index is 0.111. The Morgan fingerprint density at radius 3 is 2.55 bits per heavy atom. The summed E-state index contributed by atoms with van der Waals surface area (Å²) >= 11 is 5.90. The predicted octanol–water partition coefficient (Wildman–Crippen LogP) is 0.748. The Bertz CT molecular complexity index is 708. The van der Waals surface area contributed by atoms with Crippen LogP contribution >= 0.6 is 11.6 Å². The van der Waals surface area contributed by atoms with Crippen LogP contribution in [-0.4, -0.2) is 33.5 Å². The molecule has 2 rings (SSSR count). The summed E-state index contributed by atoms with van der Waals surface area (Å²) in [5.41, 5.74) is 0. The van der Waals surface area contributed by atoms with Gasteiger partial charge in [0.15, 0.2) is 5.82 Å². The minimum atomic E-state index is -0.542. The molecule has 2 aromatic rings. The Kier molecular flexibility index (Phi) is 4.20. The van der Waals surface area contributed by atoms with Crippen molar-refractivity contribution in [2.24, 2.45) is 7.05 Å². The van der Waals surface area contributed by atoms with E-state index >= 15 is 0 Å². The average Bonchev–Trinajstić information content (AvgIpc) is 2.78. The molecule has 0 radical (unpaired) electrons. The van der Waals surface area contributed by atoms with Crippen LogP contribution in [0.3, 0.4) is 0 Å². The number of nitrogens with zero attached hydrogens (tertiary/aromatic N) is 5. The van der Waals surface area contributed by atoms with Crippen molar-refractivity contribution in [2.75, 3.05) is 0 Å². The van der Waals surface area contributed by atoms with Crippen LogP contribution in [0.5, 0.6) is 0 Å². The second kappa shape index (κ2) is 5.88. The van der Waals surface area contributed by atoms with Crippen LogP contribution in [0, 0.1) is 10.1 Å². The zero-order valence-corrected chi connectivity index (χ0v) is 11.8. The molecule has 0 atom stereocenters. The van der Waals surface area contributed by atoms with E-state index in [1.165, 1.54) is 24.0 Å². The van der Waals surface area contributed by atoms with E-state index in [9.17, 15) is 14.3 Å². The lowest BCUT2D eigenvalue weighted by Crippen LogP contribution is -2.13. The van der Waals surface area contributed by atoms with Crippen LogP contribution < -0.4 is 0 Å². The van der Waals surface area contributed by atoms with Gasteiger partial charge in [-0.05, 0) is 4.92 Å². The Morgan fingerprint density at radius 1 is 1.40 bits per heavy atom. The lowest BCUT2D eigenvalue weighted by atomic mass is 10.3. The van der Waals surface area contributed by atoms with E-state index in [1.807, 2.05) is 0 Å². The van der Waals surface area contributed by atoms with Gasteiger partial charge >= 0.3 is 5.82 Å². The molecule has 8 nitrogen and oxygen atoms in total. The standard InChI is InChI=1S/C10H8ClN5O3S/c1-15-8(12-5-9(15)16(17)18)2-7(20-19)10-13-3-6(11)4-14-10/h3-5H,2H2,1H3. The summed E-state index contributed by atoms with van der Waals surface area (Å²) in [4.78, 5) is 22.3. The second-order valence-electron chi connectivity index (χ2n) is 3.76. The van der Waals surface area contributed by atoms with Crippen LogP contribution in [0.4, 0.5) is 5.82 Å². The highest BCUT2D eigenvalue weighted by atomic mass is 35.5. The SMILES string of the molecule is Cn1c([N+](=O)[O-])cnc1CC(=S=O)c1ncc(Cl)cn1. The van der Waals surface area contributed by atoms with E-state index in [2.05, 4.69) is 15.0 Å². The fourth-order valence-electron chi connectivity index (χ4n) is 1.52. The van der Waals surface area contributed by atoms with Gasteiger partial charge in [-0.2, -0.15) is 0 Å². The number of hydrogen-bond donors (Lipinski definition) is 0. The summed E-state index contributed by atoms with van der Waals surface area (Å²) in [6.07, 6.45) is 4.01. The van der Waals surface area contributed by atoms with Crippen LogP contribution in [0.25, 0.3) is 0 Å². The van der Waals surface area contributed by atoms with Crippen molar-refractivity contribution in [1.29, 1.82) is 0 Å². The van der Waals surface area contributed by atoms with Crippen LogP contribution in [0.15, 0.2) is 18.6 Å². The van der Waals surface area contributed by atoms with Crippen molar-refractivity contribution >= 4 is 33.5 Å². The van der Waals surface area contributed by atoms with Gasteiger partial charge in [0.25, 0.3) is 0 Å². The van der Waals surface area contributed by atoms with E-state index in [-0.39, 0.29) is 29.3 Å². The Hall–Kier alpha value is -2.13. The van der Waals surface area contributed by atoms with E-state index in [0.717, 1.165) is 6.20 Å². The molecule has 0 aromatic carbocycles. The molecule has 0 saturated heterocycles. The van der Waals surface area contributed by atoms with Gasteiger partial charge in [-0.1, -0.05) is 11.6 Å². The van der Waals surface area contributed by atoms with Gasteiger partial charge < -0.3 is 10.1 Å². The fourth-order valence-corrected chi connectivity index (χ4v) is 1.98. The number of imidazole rings is 1. The summed E-state index contributed by atoms with van der Waals surface area (Å²) < 4.78 is 12.5. The number of halogens is 1. The van der Waals surface area contributed by atoms with Gasteiger partial charge in [-0.25, -0.2) is 23.7 Å². The van der Waals surface area contributed by atoms with Crippen molar-refractivity contribution in [1.82, 2.24) is 19.5 Å². The summed E-state index contributed by atoms with van der Waals surface area (Å²) in [6, 6.07) is 0. The molecule has 2 heterocycles. The molecule has 104 valence electrons. The Morgan fingerprint density at radius 2 is 2.05 bits per heavy atom. The highest BCUT2D eigenvalue weighted by Crippen LogP contribution is 2.13. The monoisotopic (exact) mass is 313 g/mol. The molecule has 0 unspecified atom stereocenters. The van der Waals surface area contributed by atoms with E-state index in [4.69, 9.17) is 11.6 Å². The van der Waals surface area contributed by atoms with Gasteiger partial charge in [0, 0.05) is 12.4 Å². The van der Waals surface area contributed by atoms with Crippen LogP contribution in [0.2, 0.25) is 5.02 Å². The molecule has 0 aliphatic heterocycles. The molecule has 0 amide bonds. The molecule has 0 saturated carbocycles. The van der Waals surface area contributed by atoms with Gasteiger partial charge in [0.2, 0.25) is 5.82 Å². The van der Waals surface area contributed by atoms with Gasteiger partial charge in [-0.15, -0.1) is 0 Å². The molecular weight excluding hydrogens is 306 g/mol. The van der Waals surface area contributed by atoms with Crippen molar-refractivity contribution < 1.29 is 9.13 Å². The molecule has 0 bridgehead atoms. The molecule has 20 heavy (non-hydrogen) atoms. The maximum Gasteiger partial charge on any atom is 0.342 e. The molecule has 0 aliphatic carbocycles. The smallest absolute Gasteiger partial charge is 0.342 e. The molecular formula is C10H8ClN5O3S. The van der Waals surface area contributed by atoms with Gasteiger partial charge in [0.1, 0.15) is 6.20 Å². The topological polar surface area (TPSA) is 104 Å². The predicted molar refractivity (Wildman–Crippen MR) is 72.9 cm³/mol. The number of aromatic nitrogens is 4. The molecule has 10 heteroatoms. The second-order valence-corrected chi connectivity index (χ2v) is 4.85. The van der Waals surface area contributed by atoms with E-state index in [0.29, 0.717) is 15.7 Å². The van der Waals surface area contributed by atoms with Crippen molar-refractivity contribution in [3.63, 3.8) is 0 Å². The maximum atomic E-state index is 11.2. The molecule has 0 N–H and O–H groups in total. The first-order valence-electron chi connectivity index (χ1n) is 5.31. The maximum absolute atomic E-state index is 11.2. The third-order valence-electron chi connectivity index (χ3n) is 2.54. The molecule has 0 fully saturated rings. The summed E-state index contributed by atoms with van der Waals surface area (Å²) in [6.45, 7) is 0. The zero-order valence-electron chi connectivity index (χ0n) is 10.2.